The van der Waals surface area contributed by atoms with E-state index >= 15 is 0 Å². The molecule has 0 amide bonds. The Morgan fingerprint density at radius 2 is 1.47 bits per heavy atom. The predicted molar refractivity (Wildman–Crippen MR) is 67.5 cm³/mol. The lowest BCUT2D eigenvalue weighted by molar-refractivity contribution is 0.271. The smallest absolute Gasteiger partial charge is 0.123 e. The van der Waals surface area contributed by atoms with Gasteiger partial charge in [-0.1, -0.05) is 42.5 Å². The standard InChI is InChI=1S/C16H14O/c1-2-6-13-10-16(9-12(13)5-1)11-17-15-8-4-3-7-14(15)16/h1-8H,9-11H2. The summed E-state index contributed by atoms with van der Waals surface area (Å²) in [5, 5.41) is 0. The van der Waals surface area contributed by atoms with Crippen LogP contribution in [0.2, 0.25) is 0 Å². The van der Waals surface area contributed by atoms with Crippen molar-refractivity contribution in [2.45, 2.75) is 18.3 Å². The van der Waals surface area contributed by atoms with Crippen LogP contribution in [0.5, 0.6) is 5.75 Å². The molecule has 0 fully saturated rings. The zero-order valence-corrected chi connectivity index (χ0v) is 9.65. The van der Waals surface area contributed by atoms with Crippen LogP contribution < -0.4 is 4.74 Å². The number of benzene rings is 2. The Morgan fingerprint density at radius 1 is 0.824 bits per heavy atom. The van der Waals surface area contributed by atoms with E-state index in [9.17, 15) is 0 Å². The van der Waals surface area contributed by atoms with E-state index in [-0.39, 0.29) is 5.41 Å². The molecule has 0 atom stereocenters. The second kappa shape index (κ2) is 3.13. The maximum atomic E-state index is 5.87. The highest BCUT2D eigenvalue weighted by Crippen LogP contribution is 2.47. The second-order valence-corrected chi connectivity index (χ2v) is 5.19. The Kier molecular flexibility index (Phi) is 1.71. The van der Waals surface area contributed by atoms with E-state index in [4.69, 9.17) is 4.74 Å². The number of ether oxygens (including phenoxy) is 1. The first kappa shape index (κ1) is 9.29. The molecule has 0 saturated carbocycles. The van der Waals surface area contributed by atoms with Crippen molar-refractivity contribution < 1.29 is 4.74 Å². The number of para-hydroxylation sites is 1. The van der Waals surface area contributed by atoms with Gasteiger partial charge in [-0.2, -0.15) is 0 Å². The van der Waals surface area contributed by atoms with E-state index < -0.39 is 0 Å². The third kappa shape index (κ3) is 1.20. The first-order chi connectivity index (χ1) is 8.37. The van der Waals surface area contributed by atoms with Crippen molar-refractivity contribution in [2.24, 2.45) is 0 Å². The van der Waals surface area contributed by atoms with Gasteiger partial charge in [0.15, 0.2) is 0 Å². The zero-order valence-electron chi connectivity index (χ0n) is 9.65. The van der Waals surface area contributed by atoms with Gasteiger partial charge in [-0.25, -0.2) is 0 Å². The molecule has 17 heavy (non-hydrogen) atoms. The quantitative estimate of drug-likeness (QED) is 0.665. The third-order valence-electron chi connectivity index (χ3n) is 4.14. The number of hydrogen-bond acceptors (Lipinski definition) is 1. The summed E-state index contributed by atoms with van der Waals surface area (Å²) in [6.07, 6.45) is 2.25. The lowest BCUT2D eigenvalue weighted by Crippen LogP contribution is -2.28. The number of fused-ring (bicyclic) bond motifs is 3. The van der Waals surface area contributed by atoms with Crippen molar-refractivity contribution in [1.82, 2.24) is 0 Å². The number of rotatable bonds is 0. The van der Waals surface area contributed by atoms with Gasteiger partial charge in [0.2, 0.25) is 0 Å². The van der Waals surface area contributed by atoms with Gasteiger partial charge in [-0.15, -0.1) is 0 Å². The molecule has 1 heteroatoms. The van der Waals surface area contributed by atoms with Crippen molar-refractivity contribution in [3.63, 3.8) is 0 Å². The highest BCUT2D eigenvalue weighted by Gasteiger charge is 2.44. The molecule has 4 rings (SSSR count). The third-order valence-corrected chi connectivity index (χ3v) is 4.14. The van der Waals surface area contributed by atoms with Crippen LogP contribution in [0.4, 0.5) is 0 Å². The van der Waals surface area contributed by atoms with Crippen LogP contribution in [0.25, 0.3) is 0 Å². The van der Waals surface area contributed by atoms with Crippen molar-refractivity contribution in [1.29, 1.82) is 0 Å². The largest absolute Gasteiger partial charge is 0.492 e. The van der Waals surface area contributed by atoms with Crippen LogP contribution in [0.1, 0.15) is 16.7 Å². The average molecular weight is 222 g/mol. The fourth-order valence-electron chi connectivity index (χ4n) is 3.31. The lowest BCUT2D eigenvalue weighted by atomic mass is 9.80. The first-order valence-electron chi connectivity index (χ1n) is 6.17. The van der Waals surface area contributed by atoms with Crippen molar-refractivity contribution in [3.05, 3.63) is 65.2 Å². The maximum Gasteiger partial charge on any atom is 0.123 e. The van der Waals surface area contributed by atoms with Crippen molar-refractivity contribution in [2.75, 3.05) is 6.61 Å². The van der Waals surface area contributed by atoms with E-state index in [0.717, 1.165) is 25.2 Å². The topological polar surface area (TPSA) is 9.23 Å². The van der Waals surface area contributed by atoms with Gasteiger partial charge in [0.25, 0.3) is 0 Å². The van der Waals surface area contributed by atoms with E-state index in [1.54, 1.807) is 0 Å². The van der Waals surface area contributed by atoms with Gasteiger partial charge in [-0.3, -0.25) is 0 Å². The van der Waals surface area contributed by atoms with Crippen LogP contribution in [-0.4, -0.2) is 6.61 Å². The van der Waals surface area contributed by atoms with Crippen LogP contribution in [0, 0.1) is 0 Å². The van der Waals surface area contributed by atoms with Gasteiger partial charge in [0.05, 0.1) is 6.61 Å². The molecular formula is C16H14O. The van der Waals surface area contributed by atoms with Crippen molar-refractivity contribution >= 4 is 0 Å². The van der Waals surface area contributed by atoms with Crippen LogP contribution in [0.15, 0.2) is 48.5 Å². The molecule has 84 valence electrons. The lowest BCUT2D eigenvalue weighted by Gasteiger charge is -2.21. The Labute approximate surface area is 101 Å². The Balaban J connectivity index is 1.84. The molecule has 0 unspecified atom stereocenters. The molecule has 0 saturated heterocycles. The summed E-state index contributed by atoms with van der Waals surface area (Å²) in [6, 6.07) is 17.3. The minimum Gasteiger partial charge on any atom is -0.492 e. The molecule has 0 radical (unpaired) electrons. The summed E-state index contributed by atoms with van der Waals surface area (Å²) in [4.78, 5) is 0. The SMILES string of the molecule is c1ccc2c(c1)CC1(COc3ccccc31)C2. The molecule has 0 bridgehead atoms. The molecule has 2 aromatic rings. The minimum atomic E-state index is 0.209. The molecule has 0 aromatic heterocycles. The number of hydrogen-bond donors (Lipinski definition) is 0. The second-order valence-electron chi connectivity index (χ2n) is 5.19. The van der Waals surface area contributed by atoms with E-state index in [1.807, 2.05) is 0 Å². The van der Waals surface area contributed by atoms with Crippen molar-refractivity contribution in [3.8, 4) is 5.75 Å². The molecule has 1 spiro atoms. The Hall–Kier alpha value is -1.76. The Bertz CT molecular complexity index is 561. The highest BCUT2D eigenvalue weighted by molar-refractivity contribution is 5.50. The summed E-state index contributed by atoms with van der Waals surface area (Å²) >= 11 is 0. The van der Waals surface area contributed by atoms with E-state index in [0.29, 0.717) is 0 Å². The average Bonchev–Trinajstić information content (AvgIpc) is 2.92. The van der Waals surface area contributed by atoms with Crippen LogP contribution in [-0.2, 0) is 18.3 Å². The summed E-state index contributed by atoms with van der Waals surface area (Å²) in [6.45, 7) is 0.834. The molecular weight excluding hydrogens is 208 g/mol. The summed E-state index contributed by atoms with van der Waals surface area (Å²) in [7, 11) is 0. The summed E-state index contributed by atoms with van der Waals surface area (Å²) < 4.78 is 5.87. The summed E-state index contributed by atoms with van der Waals surface area (Å²) in [5.74, 6) is 1.08. The minimum absolute atomic E-state index is 0.209. The molecule has 1 nitrogen and oxygen atoms in total. The first-order valence-corrected chi connectivity index (χ1v) is 6.17. The molecule has 0 N–H and O–H groups in total. The molecule has 1 aliphatic heterocycles. The monoisotopic (exact) mass is 222 g/mol. The summed E-state index contributed by atoms with van der Waals surface area (Å²) in [5.41, 5.74) is 4.59. The highest BCUT2D eigenvalue weighted by atomic mass is 16.5. The van der Waals surface area contributed by atoms with Gasteiger partial charge < -0.3 is 4.74 Å². The predicted octanol–water partition coefficient (Wildman–Crippen LogP) is 3.12. The maximum absolute atomic E-state index is 5.87. The molecule has 1 aliphatic carbocycles. The molecule has 1 heterocycles. The van der Waals surface area contributed by atoms with Gasteiger partial charge in [0.1, 0.15) is 5.75 Å². The van der Waals surface area contributed by atoms with Gasteiger partial charge >= 0.3 is 0 Å². The fraction of sp³-hybridized carbons (Fsp3) is 0.250. The fourth-order valence-corrected chi connectivity index (χ4v) is 3.31. The Morgan fingerprint density at radius 3 is 2.24 bits per heavy atom. The molecule has 2 aromatic carbocycles. The van der Waals surface area contributed by atoms with E-state index in [2.05, 4.69) is 48.5 Å². The zero-order chi connectivity index (χ0) is 11.3. The van der Waals surface area contributed by atoms with Crippen LogP contribution in [0.3, 0.4) is 0 Å². The van der Waals surface area contributed by atoms with Crippen LogP contribution >= 0.6 is 0 Å². The van der Waals surface area contributed by atoms with E-state index in [1.165, 1.54) is 16.7 Å². The normalized spacial score (nSPS) is 18.8. The molecule has 2 aliphatic rings. The van der Waals surface area contributed by atoms with Gasteiger partial charge in [-0.05, 0) is 30.0 Å². The van der Waals surface area contributed by atoms with Gasteiger partial charge in [0, 0.05) is 11.0 Å².